The van der Waals surface area contributed by atoms with E-state index in [0.717, 1.165) is 50.6 Å². The van der Waals surface area contributed by atoms with Crippen LogP contribution in [-0.4, -0.2) is 43.6 Å². The highest BCUT2D eigenvalue weighted by Gasteiger charge is 2.44. The fourth-order valence-electron chi connectivity index (χ4n) is 5.12. The SMILES string of the molecule is O=S(=O)(C1CCCC1)N1CC(C(CCC2CCCN2)c2cccc(F)c2)C1. The van der Waals surface area contributed by atoms with Gasteiger partial charge in [-0.15, -0.1) is 0 Å². The molecule has 4 rings (SSSR count). The van der Waals surface area contributed by atoms with Gasteiger partial charge in [0.15, 0.2) is 0 Å². The Morgan fingerprint density at radius 2 is 1.93 bits per heavy atom. The Hall–Kier alpha value is -0.980. The zero-order valence-electron chi connectivity index (χ0n) is 15.9. The van der Waals surface area contributed by atoms with Crippen LogP contribution in [0, 0.1) is 11.7 Å². The van der Waals surface area contributed by atoms with Crippen LogP contribution >= 0.6 is 0 Å². The van der Waals surface area contributed by atoms with Gasteiger partial charge in [-0.25, -0.2) is 17.1 Å². The number of benzene rings is 1. The molecule has 2 aliphatic heterocycles. The van der Waals surface area contributed by atoms with Gasteiger partial charge >= 0.3 is 0 Å². The second kappa shape index (κ2) is 8.18. The van der Waals surface area contributed by atoms with Crippen LogP contribution in [0.4, 0.5) is 4.39 Å². The fourth-order valence-corrected chi connectivity index (χ4v) is 7.27. The summed E-state index contributed by atoms with van der Waals surface area (Å²) in [7, 11) is -3.14. The molecular formula is C21H31FN2O2S. The lowest BCUT2D eigenvalue weighted by Crippen LogP contribution is -2.54. The van der Waals surface area contributed by atoms with Crippen LogP contribution in [0.1, 0.15) is 62.8 Å². The molecule has 3 fully saturated rings. The van der Waals surface area contributed by atoms with Crippen LogP contribution < -0.4 is 5.32 Å². The summed E-state index contributed by atoms with van der Waals surface area (Å²) in [6.45, 7) is 2.28. The number of nitrogens with one attached hydrogen (secondary N) is 1. The molecule has 1 aromatic rings. The molecule has 3 aliphatic rings. The molecular weight excluding hydrogens is 363 g/mol. The average molecular weight is 395 g/mol. The largest absolute Gasteiger partial charge is 0.314 e. The number of halogens is 1. The maximum absolute atomic E-state index is 13.8. The third-order valence-corrected chi connectivity index (χ3v) is 9.13. The Labute approximate surface area is 162 Å². The van der Waals surface area contributed by atoms with Crippen LogP contribution in [-0.2, 0) is 10.0 Å². The third kappa shape index (κ3) is 4.22. The molecule has 27 heavy (non-hydrogen) atoms. The zero-order chi connectivity index (χ0) is 18.9. The van der Waals surface area contributed by atoms with E-state index in [0.29, 0.717) is 25.0 Å². The standard InChI is InChI=1S/C21H31FN2O2S/c22-18-6-3-5-16(13-18)21(11-10-19-7-4-12-23-19)17-14-24(15-17)27(25,26)20-8-1-2-9-20/h3,5-6,13,17,19-21,23H,1-2,4,7-12,14-15H2. The molecule has 4 nitrogen and oxygen atoms in total. The van der Waals surface area contributed by atoms with E-state index in [1.165, 1.54) is 18.9 Å². The van der Waals surface area contributed by atoms with Crippen molar-refractivity contribution < 1.29 is 12.8 Å². The van der Waals surface area contributed by atoms with E-state index < -0.39 is 10.0 Å². The number of sulfonamides is 1. The van der Waals surface area contributed by atoms with Crippen molar-refractivity contribution in [3.63, 3.8) is 0 Å². The quantitative estimate of drug-likeness (QED) is 0.768. The monoisotopic (exact) mass is 394 g/mol. The van der Waals surface area contributed by atoms with Gasteiger partial charge in [-0.2, -0.15) is 0 Å². The Kier molecular flexibility index (Phi) is 5.86. The lowest BCUT2D eigenvalue weighted by atomic mass is 9.78. The summed E-state index contributed by atoms with van der Waals surface area (Å²) in [4.78, 5) is 0. The van der Waals surface area contributed by atoms with Gasteiger partial charge in [-0.05, 0) is 74.6 Å². The highest BCUT2D eigenvalue weighted by atomic mass is 32.2. The molecule has 1 aliphatic carbocycles. The summed E-state index contributed by atoms with van der Waals surface area (Å²) in [6, 6.07) is 7.46. The van der Waals surface area contributed by atoms with E-state index in [1.54, 1.807) is 16.4 Å². The average Bonchev–Trinajstić information content (AvgIpc) is 3.29. The maximum atomic E-state index is 13.8. The van der Waals surface area contributed by atoms with Crippen molar-refractivity contribution in [2.24, 2.45) is 5.92 Å². The first-order valence-corrected chi connectivity index (χ1v) is 12.0. The summed E-state index contributed by atoms with van der Waals surface area (Å²) in [5, 5.41) is 3.37. The Morgan fingerprint density at radius 1 is 1.15 bits per heavy atom. The van der Waals surface area contributed by atoms with Crippen molar-refractivity contribution in [1.29, 1.82) is 0 Å². The van der Waals surface area contributed by atoms with Gasteiger partial charge in [-0.1, -0.05) is 25.0 Å². The first kappa shape index (κ1) is 19.3. The van der Waals surface area contributed by atoms with E-state index in [1.807, 2.05) is 6.07 Å². The van der Waals surface area contributed by atoms with Gasteiger partial charge in [0.1, 0.15) is 5.82 Å². The molecule has 1 aromatic carbocycles. The summed E-state index contributed by atoms with van der Waals surface area (Å²) in [5.41, 5.74) is 1.02. The first-order chi connectivity index (χ1) is 13.0. The third-order valence-electron chi connectivity index (χ3n) is 6.79. The second-order valence-electron chi connectivity index (χ2n) is 8.56. The van der Waals surface area contributed by atoms with Crippen LogP contribution in [0.5, 0.6) is 0 Å². The van der Waals surface area contributed by atoms with Crippen molar-refractivity contribution >= 4 is 10.0 Å². The van der Waals surface area contributed by atoms with Gasteiger partial charge < -0.3 is 5.32 Å². The Balaban J connectivity index is 1.43. The summed E-state index contributed by atoms with van der Waals surface area (Å²) in [6.07, 6.45) is 8.18. The molecule has 2 unspecified atom stereocenters. The molecule has 0 bridgehead atoms. The van der Waals surface area contributed by atoms with Gasteiger partial charge in [0.05, 0.1) is 5.25 Å². The topological polar surface area (TPSA) is 49.4 Å². The lowest BCUT2D eigenvalue weighted by Gasteiger charge is -2.44. The predicted octanol–water partition coefficient (Wildman–Crippen LogP) is 3.65. The Morgan fingerprint density at radius 3 is 2.59 bits per heavy atom. The van der Waals surface area contributed by atoms with Crippen molar-refractivity contribution in [3.05, 3.63) is 35.6 Å². The minimum Gasteiger partial charge on any atom is -0.314 e. The second-order valence-corrected chi connectivity index (χ2v) is 10.8. The van der Waals surface area contributed by atoms with E-state index in [4.69, 9.17) is 0 Å². The smallest absolute Gasteiger partial charge is 0.217 e. The van der Waals surface area contributed by atoms with Crippen molar-refractivity contribution in [1.82, 2.24) is 9.62 Å². The van der Waals surface area contributed by atoms with Gasteiger partial charge in [0.2, 0.25) is 10.0 Å². The molecule has 6 heteroatoms. The van der Waals surface area contributed by atoms with Crippen LogP contribution in [0.2, 0.25) is 0 Å². The van der Waals surface area contributed by atoms with Crippen LogP contribution in [0.25, 0.3) is 0 Å². The molecule has 0 amide bonds. The summed E-state index contributed by atoms with van der Waals surface area (Å²) >= 11 is 0. The van der Waals surface area contributed by atoms with E-state index >= 15 is 0 Å². The van der Waals surface area contributed by atoms with E-state index in [-0.39, 0.29) is 17.0 Å². The lowest BCUT2D eigenvalue weighted by molar-refractivity contribution is 0.160. The zero-order valence-corrected chi connectivity index (χ0v) is 16.8. The van der Waals surface area contributed by atoms with Gasteiger partial charge in [-0.3, -0.25) is 0 Å². The molecule has 2 heterocycles. The number of rotatable bonds is 7. The van der Waals surface area contributed by atoms with Crippen molar-refractivity contribution in [3.8, 4) is 0 Å². The number of hydrogen-bond acceptors (Lipinski definition) is 3. The minimum absolute atomic E-state index is 0.172. The summed E-state index contributed by atoms with van der Waals surface area (Å²) < 4.78 is 41.1. The molecule has 1 saturated carbocycles. The van der Waals surface area contributed by atoms with E-state index in [2.05, 4.69) is 5.32 Å². The molecule has 2 atom stereocenters. The molecule has 2 saturated heterocycles. The Bertz CT molecular complexity index is 736. The first-order valence-electron chi connectivity index (χ1n) is 10.5. The molecule has 0 radical (unpaired) electrons. The van der Waals surface area contributed by atoms with Crippen molar-refractivity contribution in [2.45, 2.75) is 68.6 Å². The highest BCUT2D eigenvalue weighted by Crippen LogP contribution is 2.39. The fraction of sp³-hybridized carbons (Fsp3) is 0.714. The minimum atomic E-state index is -3.14. The predicted molar refractivity (Wildman–Crippen MR) is 106 cm³/mol. The number of hydrogen-bond donors (Lipinski definition) is 1. The summed E-state index contributed by atoms with van der Waals surface area (Å²) in [5.74, 6) is 0.328. The van der Waals surface area contributed by atoms with E-state index in [9.17, 15) is 12.8 Å². The van der Waals surface area contributed by atoms with Gasteiger partial charge in [0, 0.05) is 19.1 Å². The maximum Gasteiger partial charge on any atom is 0.217 e. The normalized spacial score (nSPS) is 26.3. The highest BCUT2D eigenvalue weighted by molar-refractivity contribution is 7.89. The van der Waals surface area contributed by atoms with Crippen molar-refractivity contribution in [2.75, 3.05) is 19.6 Å². The van der Waals surface area contributed by atoms with Crippen LogP contribution in [0.3, 0.4) is 0 Å². The number of nitrogens with zero attached hydrogens (tertiary/aromatic N) is 1. The molecule has 0 aromatic heterocycles. The molecule has 1 N–H and O–H groups in total. The molecule has 150 valence electrons. The van der Waals surface area contributed by atoms with Crippen LogP contribution in [0.15, 0.2) is 24.3 Å². The van der Waals surface area contributed by atoms with Gasteiger partial charge in [0.25, 0.3) is 0 Å². The molecule has 0 spiro atoms.